The van der Waals surface area contributed by atoms with Crippen LogP contribution < -0.4 is 4.90 Å². The minimum atomic E-state index is 0.818. The van der Waals surface area contributed by atoms with Gasteiger partial charge in [0.1, 0.15) is 0 Å². The van der Waals surface area contributed by atoms with Gasteiger partial charge in [-0.15, -0.1) is 11.8 Å². The first-order valence-electron chi connectivity index (χ1n) is 3.41. The summed E-state index contributed by atoms with van der Waals surface area (Å²) in [6.45, 7) is 0. The second kappa shape index (κ2) is 2.61. The Morgan fingerprint density at radius 1 is 1.55 bits per heavy atom. The predicted octanol–water partition coefficient (Wildman–Crippen LogP) is 2.84. The molecule has 1 aliphatic rings. The molecule has 0 saturated carbocycles. The minimum absolute atomic E-state index is 0.818. The summed E-state index contributed by atoms with van der Waals surface area (Å²) in [4.78, 5) is 3.53. The Morgan fingerprint density at radius 2 is 2.36 bits per heavy atom. The molecular weight excluding hydrogens is 178 g/mol. The highest BCUT2D eigenvalue weighted by Crippen LogP contribution is 2.38. The van der Waals surface area contributed by atoms with Crippen LogP contribution in [0.25, 0.3) is 0 Å². The van der Waals surface area contributed by atoms with Gasteiger partial charge in [0.25, 0.3) is 0 Å². The number of halogens is 1. The summed E-state index contributed by atoms with van der Waals surface area (Å²) in [5, 5.41) is 0.818. The molecule has 0 saturated heterocycles. The van der Waals surface area contributed by atoms with Crippen LogP contribution in [0.5, 0.6) is 0 Å². The zero-order chi connectivity index (χ0) is 7.84. The van der Waals surface area contributed by atoms with Crippen LogP contribution in [0.15, 0.2) is 23.1 Å². The van der Waals surface area contributed by atoms with Crippen molar-refractivity contribution in [3.05, 3.63) is 23.2 Å². The van der Waals surface area contributed by atoms with E-state index in [2.05, 4.69) is 18.0 Å². The van der Waals surface area contributed by atoms with Crippen molar-refractivity contribution in [2.45, 2.75) is 4.90 Å². The van der Waals surface area contributed by atoms with E-state index in [-0.39, 0.29) is 0 Å². The van der Waals surface area contributed by atoms with Crippen LogP contribution in [0.1, 0.15) is 0 Å². The van der Waals surface area contributed by atoms with Crippen molar-refractivity contribution in [1.82, 2.24) is 0 Å². The van der Waals surface area contributed by atoms with Crippen LogP contribution in [0.4, 0.5) is 5.69 Å². The molecule has 0 aromatic heterocycles. The highest BCUT2D eigenvalue weighted by atomic mass is 35.5. The maximum Gasteiger partial charge on any atom is 0.0683 e. The minimum Gasteiger partial charge on any atom is -0.364 e. The van der Waals surface area contributed by atoms with Gasteiger partial charge in [-0.2, -0.15) is 0 Å². The zero-order valence-electron chi connectivity index (χ0n) is 6.17. The SMILES string of the molecule is CN1CSc2ccc(Cl)cc21. The molecule has 0 spiro atoms. The molecule has 1 aromatic rings. The van der Waals surface area contributed by atoms with Gasteiger partial charge in [0.05, 0.1) is 11.6 Å². The monoisotopic (exact) mass is 185 g/mol. The molecule has 0 fully saturated rings. The Bertz CT molecular complexity index is 287. The summed E-state index contributed by atoms with van der Waals surface area (Å²) in [5.74, 6) is 1.04. The normalized spacial score (nSPS) is 15.3. The second-order valence-electron chi connectivity index (χ2n) is 2.58. The zero-order valence-corrected chi connectivity index (χ0v) is 7.75. The Labute approximate surface area is 75.3 Å². The Hall–Kier alpha value is -0.340. The third kappa shape index (κ3) is 1.21. The van der Waals surface area contributed by atoms with Crippen molar-refractivity contribution < 1.29 is 0 Å². The molecule has 0 radical (unpaired) electrons. The molecule has 1 heterocycles. The lowest BCUT2D eigenvalue weighted by Crippen LogP contribution is -2.10. The molecule has 0 bridgehead atoms. The topological polar surface area (TPSA) is 3.24 Å². The van der Waals surface area contributed by atoms with Crippen molar-refractivity contribution in [1.29, 1.82) is 0 Å². The molecule has 58 valence electrons. The maximum atomic E-state index is 5.85. The van der Waals surface area contributed by atoms with E-state index in [1.807, 2.05) is 23.9 Å². The molecule has 3 heteroatoms. The Balaban J connectivity index is 2.52. The number of fused-ring (bicyclic) bond motifs is 1. The molecular formula is C8H8ClNS. The average Bonchev–Trinajstić information content (AvgIpc) is 2.33. The third-order valence-electron chi connectivity index (χ3n) is 1.75. The molecule has 0 amide bonds. The van der Waals surface area contributed by atoms with Gasteiger partial charge >= 0.3 is 0 Å². The standard InChI is InChI=1S/C8H8ClNS/c1-10-5-11-8-3-2-6(9)4-7(8)10/h2-4H,5H2,1H3. The van der Waals surface area contributed by atoms with Gasteiger partial charge in [-0.3, -0.25) is 0 Å². The van der Waals surface area contributed by atoms with Gasteiger partial charge in [-0.1, -0.05) is 11.6 Å². The van der Waals surface area contributed by atoms with Crippen molar-refractivity contribution in [3.8, 4) is 0 Å². The van der Waals surface area contributed by atoms with Crippen LogP contribution in [-0.4, -0.2) is 12.9 Å². The van der Waals surface area contributed by atoms with Crippen LogP contribution in [-0.2, 0) is 0 Å². The van der Waals surface area contributed by atoms with Gasteiger partial charge in [0.15, 0.2) is 0 Å². The van der Waals surface area contributed by atoms with Gasteiger partial charge < -0.3 is 4.90 Å². The molecule has 0 unspecified atom stereocenters. The summed E-state index contributed by atoms with van der Waals surface area (Å²) in [5.41, 5.74) is 1.25. The summed E-state index contributed by atoms with van der Waals surface area (Å²) < 4.78 is 0. The largest absolute Gasteiger partial charge is 0.364 e. The fraction of sp³-hybridized carbons (Fsp3) is 0.250. The average molecular weight is 186 g/mol. The summed E-state index contributed by atoms with van der Waals surface area (Å²) in [7, 11) is 2.08. The van der Waals surface area contributed by atoms with E-state index < -0.39 is 0 Å². The number of anilines is 1. The van der Waals surface area contributed by atoms with Crippen molar-refractivity contribution in [2.75, 3.05) is 17.8 Å². The van der Waals surface area contributed by atoms with E-state index >= 15 is 0 Å². The van der Waals surface area contributed by atoms with Crippen molar-refractivity contribution in [3.63, 3.8) is 0 Å². The number of benzene rings is 1. The molecule has 0 N–H and O–H groups in total. The van der Waals surface area contributed by atoms with Crippen molar-refractivity contribution >= 4 is 29.1 Å². The Morgan fingerprint density at radius 3 is 3.18 bits per heavy atom. The van der Waals surface area contributed by atoms with E-state index in [1.54, 1.807) is 0 Å². The summed E-state index contributed by atoms with van der Waals surface area (Å²) in [6, 6.07) is 6.02. The summed E-state index contributed by atoms with van der Waals surface area (Å²) in [6.07, 6.45) is 0. The van der Waals surface area contributed by atoms with E-state index in [1.165, 1.54) is 10.6 Å². The molecule has 11 heavy (non-hydrogen) atoms. The Kier molecular flexibility index (Phi) is 1.74. The molecule has 1 aromatic carbocycles. The lowest BCUT2D eigenvalue weighted by Gasteiger charge is -2.09. The van der Waals surface area contributed by atoms with Crippen molar-refractivity contribution in [2.24, 2.45) is 0 Å². The van der Waals surface area contributed by atoms with Crippen LogP contribution in [0.2, 0.25) is 5.02 Å². The maximum absolute atomic E-state index is 5.85. The molecule has 1 aliphatic heterocycles. The fourth-order valence-corrected chi connectivity index (χ4v) is 2.31. The number of hydrogen-bond donors (Lipinski definition) is 0. The predicted molar refractivity (Wildman–Crippen MR) is 50.6 cm³/mol. The number of hydrogen-bond acceptors (Lipinski definition) is 2. The first-order chi connectivity index (χ1) is 5.27. The smallest absolute Gasteiger partial charge is 0.0683 e. The van der Waals surface area contributed by atoms with E-state index in [4.69, 9.17) is 11.6 Å². The lowest BCUT2D eigenvalue weighted by molar-refractivity contribution is 1.10. The molecule has 1 nitrogen and oxygen atoms in total. The van der Waals surface area contributed by atoms with E-state index in [0.29, 0.717) is 0 Å². The highest BCUT2D eigenvalue weighted by molar-refractivity contribution is 7.99. The third-order valence-corrected chi connectivity index (χ3v) is 3.15. The van der Waals surface area contributed by atoms with Crippen LogP contribution in [0, 0.1) is 0 Å². The van der Waals surface area contributed by atoms with Crippen LogP contribution in [0.3, 0.4) is 0 Å². The van der Waals surface area contributed by atoms with Gasteiger partial charge in [-0.25, -0.2) is 0 Å². The summed E-state index contributed by atoms with van der Waals surface area (Å²) >= 11 is 7.70. The first-order valence-corrected chi connectivity index (χ1v) is 4.77. The van der Waals surface area contributed by atoms with E-state index in [0.717, 1.165) is 10.9 Å². The van der Waals surface area contributed by atoms with Crippen LogP contribution >= 0.6 is 23.4 Å². The number of nitrogens with zero attached hydrogens (tertiary/aromatic N) is 1. The van der Waals surface area contributed by atoms with Gasteiger partial charge in [0, 0.05) is 17.0 Å². The number of rotatable bonds is 0. The highest BCUT2D eigenvalue weighted by Gasteiger charge is 2.15. The lowest BCUT2D eigenvalue weighted by atomic mass is 10.3. The molecule has 2 rings (SSSR count). The quantitative estimate of drug-likeness (QED) is 0.612. The number of thioether (sulfide) groups is 1. The second-order valence-corrected chi connectivity index (χ2v) is 4.01. The van der Waals surface area contributed by atoms with E-state index in [9.17, 15) is 0 Å². The fourth-order valence-electron chi connectivity index (χ4n) is 1.15. The molecule has 0 aliphatic carbocycles. The first kappa shape index (κ1) is 7.32. The van der Waals surface area contributed by atoms with Gasteiger partial charge in [-0.05, 0) is 18.2 Å². The van der Waals surface area contributed by atoms with Gasteiger partial charge in [0.2, 0.25) is 0 Å². The molecule has 0 atom stereocenters.